The summed E-state index contributed by atoms with van der Waals surface area (Å²) in [6.45, 7) is 6.97. The van der Waals surface area contributed by atoms with Gasteiger partial charge in [0, 0.05) is 74.0 Å². The minimum Gasteiger partial charge on any atom is -0.458 e. The fourth-order valence-electron chi connectivity index (χ4n) is 8.77. The van der Waals surface area contributed by atoms with Gasteiger partial charge < -0.3 is 29.4 Å². The van der Waals surface area contributed by atoms with Crippen molar-refractivity contribution in [2.45, 2.75) is 103 Å². The van der Waals surface area contributed by atoms with E-state index in [1.807, 2.05) is 30.3 Å². The first-order valence-corrected chi connectivity index (χ1v) is 24.5. The standard InChI is InChI=1S/C56H65N7O7/c1-4-6-7-8-9-10-11-12-13-14-15-16-17-18-19-20-21-22-23-24-51(64)59-43-27-25-41(26-28-43)38-61-31-33-62(34-32-61)55(67)70-50-30-29-48-44(45(50)37-58-57-3)35-42-39-63-49(52(42)60-48)36-47-46(53(63)65)40-69-54(66)56(47,68)5-2/h6-7,9-10,12-13,15-16,18-19,21-22,25-30,35-36,68H,4-5,8,11,14,17,20,23-24,31-34,37-40H2,1-3H3,(H,59,64)/b7-6-,10-9-,13-12-,16-15-,19-18-,22-21-,58-57?/t56-/m0/s1. The molecule has 0 spiro atoms. The number of pyridine rings is 2. The molecule has 2 amide bonds. The number of carbonyl (C=O) groups is 3. The number of rotatable bonds is 21. The van der Waals surface area contributed by atoms with Gasteiger partial charge in [0.15, 0.2) is 5.60 Å². The van der Waals surface area contributed by atoms with E-state index in [2.05, 4.69) is 100 Å². The van der Waals surface area contributed by atoms with Crippen molar-refractivity contribution >= 4 is 34.6 Å². The number of ether oxygens (including phenoxy) is 2. The lowest BCUT2D eigenvalue weighted by atomic mass is 9.86. The van der Waals surface area contributed by atoms with Crippen molar-refractivity contribution in [3.05, 3.63) is 160 Å². The highest BCUT2D eigenvalue weighted by Gasteiger charge is 2.45. The van der Waals surface area contributed by atoms with Crippen LogP contribution in [0.3, 0.4) is 0 Å². The largest absolute Gasteiger partial charge is 0.458 e. The Kier molecular flexibility index (Phi) is 18.2. The minimum absolute atomic E-state index is 0.0216. The SMILES string of the molecule is CC/C=C\C/C=C\C/C=C\C/C=C\C/C=C\C/C=C\CCC(=O)Nc1ccc(CN2CCN(C(=O)Oc3ccc4nc5c(cc4c3CN=NC)Cn3c-5cc4c(c3=O)COC(=O)[C@]4(O)CC)CC2)cc1. The summed E-state index contributed by atoms with van der Waals surface area (Å²) in [5.41, 5.74) is 3.20. The predicted octanol–water partition coefficient (Wildman–Crippen LogP) is 10.4. The zero-order valence-corrected chi connectivity index (χ0v) is 40.6. The fourth-order valence-corrected chi connectivity index (χ4v) is 8.77. The highest BCUT2D eigenvalue weighted by molar-refractivity contribution is 5.91. The number of piperazine rings is 1. The third-order valence-electron chi connectivity index (χ3n) is 12.7. The summed E-state index contributed by atoms with van der Waals surface area (Å²) < 4.78 is 12.8. The predicted molar refractivity (Wildman–Crippen MR) is 274 cm³/mol. The van der Waals surface area contributed by atoms with E-state index in [1.54, 1.807) is 41.6 Å². The zero-order chi connectivity index (χ0) is 49.3. The monoisotopic (exact) mass is 947 g/mol. The number of hydrogen-bond acceptors (Lipinski definition) is 11. The number of carbonyl (C=O) groups excluding carboxylic acids is 3. The van der Waals surface area contributed by atoms with Crippen LogP contribution in [-0.4, -0.2) is 75.7 Å². The Morgan fingerprint density at radius 1 is 0.843 bits per heavy atom. The second-order valence-corrected chi connectivity index (χ2v) is 17.5. The summed E-state index contributed by atoms with van der Waals surface area (Å²) in [5, 5.41) is 23.2. The van der Waals surface area contributed by atoms with Crippen molar-refractivity contribution in [1.29, 1.82) is 0 Å². The van der Waals surface area contributed by atoms with Crippen molar-refractivity contribution in [3.8, 4) is 17.1 Å². The van der Waals surface area contributed by atoms with Gasteiger partial charge in [-0.3, -0.25) is 14.5 Å². The maximum absolute atomic E-state index is 13.7. The van der Waals surface area contributed by atoms with E-state index in [0.29, 0.717) is 79.2 Å². The van der Waals surface area contributed by atoms with Gasteiger partial charge in [0.25, 0.3) is 5.56 Å². The van der Waals surface area contributed by atoms with Crippen LogP contribution in [0.2, 0.25) is 0 Å². The van der Waals surface area contributed by atoms with Gasteiger partial charge in [-0.25, -0.2) is 14.6 Å². The maximum Gasteiger partial charge on any atom is 0.415 e. The topological polar surface area (TPSA) is 168 Å². The average molecular weight is 948 g/mol. The number of esters is 1. The molecule has 0 bridgehead atoms. The molecule has 7 rings (SSSR count). The number of nitrogens with zero attached hydrogens (tertiary/aromatic N) is 6. The van der Waals surface area contributed by atoms with Gasteiger partial charge in [-0.2, -0.15) is 10.2 Å². The summed E-state index contributed by atoms with van der Waals surface area (Å²) in [6, 6.07) is 15.0. The molecule has 0 unspecified atom stereocenters. The lowest BCUT2D eigenvalue weighted by Crippen LogP contribution is -2.49. The third kappa shape index (κ3) is 12.8. The van der Waals surface area contributed by atoms with E-state index in [0.717, 1.165) is 55.3 Å². The molecule has 3 aliphatic heterocycles. The second-order valence-electron chi connectivity index (χ2n) is 17.5. The Morgan fingerprint density at radius 2 is 1.49 bits per heavy atom. The van der Waals surface area contributed by atoms with Crippen LogP contribution in [0.1, 0.15) is 99.5 Å². The molecule has 0 aliphatic carbocycles. The molecule has 70 heavy (non-hydrogen) atoms. The van der Waals surface area contributed by atoms with Gasteiger partial charge in [-0.1, -0.05) is 98.9 Å². The molecule has 1 atom stereocenters. The summed E-state index contributed by atoms with van der Waals surface area (Å²) in [4.78, 5) is 61.5. The minimum atomic E-state index is -1.92. The van der Waals surface area contributed by atoms with Crippen LogP contribution < -0.4 is 15.6 Å². The quantitative estimate of drug-likeness (QED) is 0.0413. The normalized spacial score (nSPS) is 17.3. The van der Waals surface area contributed by atoms with Gasteiger partial charge in [0.1, 0.15) is 12.4 Å². The molecule has 2 N–H and O–H groups in total. The molecule has 1 fully saturated rings. The Balaban J connectivity index is 0.838. The molecular formula is C56H65N7O7. The summed E-state index contributed by atoms with van der Waals surface area (Å²) >= 11 is 0. The number of hydrogen-bond donors (Lipinski definition) is 2. The van der Waals surface area contributed by atoms with Gasteiger partial charge in [0.05, 0.1) is 35.6 Å². The lowest BCUT2D eigenvalue weighted by Gasteiger charge is -2.34. The summed E-state index contributed by atoms with van der Waals surface area (Å²) in [5.74, 6) is -0.446. The second kappa shape index (κ2) is 25.0. The maximum atomic E-state index is 13.7. The van der Waals surface area contributed by atoms with Gasteiger partial charge in [-0.15, -0.1) is 0 Å². The summed E-state index contributed by atoms with van der Waals surface area (Å²) in [6.07, 6.45) is 32.5. The molecule has 1 saturated heterocycles. The Bertz CT molecular complexity index is 2780. The van der Waals surface area contributed by atoms with Gasteiger partial charge >= 0.3 is 12.1 Å². The first kappa shape index (κ1) is 50.8. The molecule has 4 aromatic rings. The van der Waals surface area contributed by atoms with Crippen LogP contribution in [0.5, 0.6) is 5.75 Å². The molecule has 14 nitrogen and oxygen atoms in total. The van der Waals surface area contributed by atoms with E-state index in [-0.39, 0.29) is 48.7 Å². The Hall–Kier alpha value is -7.03. The first-order chi connectivity index (χ1) is 34.1. The van der Waals surface area contributed by atoms with Crippen molar-refractivity contribution < 1.29 is 29.0 Å². The van der Waals surface area contributed by atoms with Crippen molar-refractivity contribution in [1.82, 2.24) is 19.4 Å². The van der Waals surface area contributed by atoms with Gasteiger partial charge in [-0.05, 0) is 93.3 Å². The number of aromatic nitrogens is 2. The van der Waals surface area contributed by atoms with Crippen molar-refractivity contribution in [3.63, 3.8) is 0 Å². The highest BCUT2D eigenvalue weighted by atomic mass is 16.6. The number of allylic oxidation sites excluding steroid dienone is 12. The number of amides is 2. The van der Waals surface area contributed by atoms with Crippen LogP contribution in [0.25, 0.3) is 22.3 Å². The van der Waals surface area contributed by atoms with E-state index >= 15 is 0 Å². The number of cyclic esters (lactones) is 1. The number of nitrogens with one attached hydrogen (secondary N) is 1. The average Bonchev–Trinajstić information content (AvgIpc) is 3.73. The molecule has 366 valence electrons. The smallest absolute Gasteiger partial charge is 0.415 e. The molecule has 14 heteroatoms. The van der Waals surface area contributed by atoms with E-state index in [4.69, 9.17) is 14.5 Å². The molecule has 0 radical (unpaired) electrons. The highest BCUT2D eigenvalue weighted by Crippen LogP contribution is 2.40. The van der Waals surface area contributed by atoms with Crippen LogP contribution >= 0.6 is 0 Å². The van der Waals surface area contributed by atoms with E-state index in [9.17, 15) is 24.3 Å². The molecule has 0 saturated carbocycles. The Morgan fingerprint density at radius 3 is 2.11 bits per heavy atom. The van der Waals surface area contributed by atoms with Crippen LogP contribution in [-0.2, 0) is 46.2 Å². The van der Waals surface area contributed by atoms with Crippen molar-refractivity contribution in [2.24, 2.45) is 10.2 Å². The number of fused-ring (bicyclic) bond motifs is 5. The van der Waals surface area contributed by atoms with Gasteiger partial charge in [0.2, 0.25) is 5.91 Å². The molecular weight excluding hydrogens is 883 g/mol. The number of anilines is 1. The van der Waals surface area contributed by atoms with Crippen LogP contribution in [0.15, 0.2) is 136 Å². The Labute approximate surface area is 410 Å². The number of aliphatic hydroxyl groups is 1. The van der Waals surface area contributed by atoms with Crippen LogP contribution in [0.4, 0.5) is 10.5 Å². The molecule has 3 aliphatic rings. The number of azo groups is 1. The van der Waals surface area contributed by atoms with Crippen LogP contribution in [0, 0.1) is 0 Å². The zero-order valence-electron chi connectivity index (χ0n) is 40.6. The third-order valence-corrected chi connectivity index (χ3v) is 12.7. The van der Waals surface area contributed by atoms with E-state index < -0.39 is 17.7 Å². The lowest BCUT2D eigenvalue weighted by molar-refractivity contribution is -0.172. The number of benzene rings is 2. The summed E-state index contributed by atoms with van der Waals surface area (Å²) in [7, 11) is 1.58. The molecule has 5 heterocycles. The fraction of sp³-hybridized carbons (Fsp3) is 0.375. The van der Waals surface area contributed by atoms with E-state index in [1.165, 1.54) is 0 Å². The molecule has 2 aromatic heterocycles. The molecule has 2 aromatic carbocycles. The van der Waals surface area contributed by atoms with Crippen molar-refractivity contribution in [2.75, 3.05) is 38.5 Å². The first-order valence-electron chi connectivity index (χ1n) is 24.5.